The van der Waals surface area contributed by atoms with Gasteiger partial charge in [-0.1, -0.05) is 22.0 Å². The van der Waals surface area contributed by atoms with E-state index in [0.717, 1.165) is 42.6 Å². The van der Waals surface area contributed by atoms with Crippen LogP contribution in [0, 0.1) is 5.82 Å². The molecule has 1 saturated heterocycles. The van der Waals surface area contributed by atoms with Crippen LogP contribution in [-0.2, 0) is 11.3 Å². The summed E-state index contributed by atoms with van der Waals surface area (Å²) in [4.78, 5) is 2.32. The third-order valence-electron chi connectivity index (χ3n) is 3.25. The highest BCUT2D eigenvalue weighted by Crippen LogP contribution is 2.22. The second kappa shape index (κ2) is 5.94. The number of benzene rings is 1. The lowest BCUT2D eigenvalue weighted by Crippen LogP contribution is -2.36. The molecule has 0 atom stereocenters. The van der Waals surface area contributed by atoms with E-state index in [1.807, 2.05) is 6.07 Å². The fourth-order valence-corrected chi connectivity index (χ4v) is 2.65. The van der Waals surface area contributed by atoms with Crippen molar-refractivity contribution >= 4 is 15.9 Å². The summed E-state index contributed by atoms with van der Waals surface area (Å²) >= 11 is 3.41. The van der Waals surface area contributed by atoms with Crippen molar-refractivity contribution in [3.8, 4) is 0 Å². The zero-order valence-electron chi connectivity index (χ0n) is 9.96. The van der Waals surface area contributed by atoms with Crippen LogP contribution in [0.5, 0.6) is 0 Å². The van der Waals surface area contributed by atoms with Gasteiger partial charge in [-0.05, 0) is 37.6 Å². The Balaban J connectivity index is 1.99. The van der Waals surface area contributed by atoms with Gasteiger partial charge in [-0.25, -0.2) is 4.39 Å². The zero-order chi connectivity index (χ0) is 12.3. The Morgan fingerprint density at radius 2 is 2.12 bits per heavy atom. The molecule has 0 N–H and O–H groups in total. The van der Waals surface area contributed by atoms with Gasteiger partial charge in [0, 0.05) is 30.3 Å². The van der Waals surface area contributed by atoms with E-state index < -0.39 is 0 Å². The minimum Gasteiger partial charge on any atom is -0.381 e. The lowest BCUT2D eigenvalue weighted by atomic mass is 10.1. The standard InChI is InChI=1S/C13H17BrFNO/c1-16(12-4-6-17-7-5-12)9-10-2-3-11(15)8-13(10)14/h2-3,8,12H,4-7,9H2,1H3. The highest BCUT2D eigenvalue weighted by Gasteiger charge is 2.18. The molecule has 0 aromatic heterocycles. The number of hydrogen-bond acceptors (Lipinski definition) is 2. The Hall–Kier alpha value is -0.450. The third kappa shape index (κ3) is 3.50. The molecule has 0 radical (unpaired) electrons. The fraction of sp³-hybridized carbons (Fsp3) is 0.538. The Kier molecular flexibility index (Phi) is 4.54. The second-order valence-electron chi connectivity index (χ2n) is 4.49. The van der Waals surface area contributed by atoms with Crippen molar-refractivity contribution in [1.82, 2.24) is 4.90 Å². The summed E-state index contributed by atoms with van der Waals surface area (Å²) in [6.45, 7) is 2.53. The van der Waals surface area contributed by atoms with E-state index in [1.165, 1.54) is 12.1 Å². The van der Waals surface area contributed by atoms with Crippen LogP contribution in [0.1, 0.15) is 18.4 Å². The molecule has 1 aliphatic rings. The normalized spacial score (nSPS) is 17.6. The maximum absolute atomic E-state index is 13.0. The van der Waals surface area contributed by atoms with Gasteiger partial charge in [0.1, 0.15) is 5.82 Å². The average molecular weight is 302 g/mol. The third-order valence-corrected chi connectivity index (χ3v) is 3.99. The van der Waals surface area contributed by atoms with Gasteiger partial charge in [-0.15, -0.1) is 0 Å². The van der Waals surface area contributed by atoms with Gasteiger partial charge in [0.15, 0.2) is 0 Å². The first-order valence-corrected chi connectivity index (χ1v) is 6.68. The van der Waals surface area contributed by atoms with Crippen LogP contribution in [0.4, 0.5) is 4.39 Å². The molecule has 4 heteroatoms. The van der Waals surface area contributed by atoms with Crippen molar-refractivity contribution in [2.24, 2.45) is 0 Å². The van der Waals surface area contributed by atoms with Gasteiger partial charge in [0.05, 0.1) is 0 Å². The Labute approximate surface area is 110 Å². The van der Waals surface area contributed by atoms with Crippen molar-refractivity contribution in [3.63, 3.8) is 0 Å². The molecule has 0 saturated carbocycles. The molecule has 1 fully saturated rings. The topological polar surface area (TPSA) is 12.5 Å². The molecule has 1 aliphatic heterocycles. The van der Waals surface area contributed by atoms with Crippen LogP contribution >= 0.6 is 15.9 Å². The highest BCUT2D eigenvalue weighted by molar-refractivity contribution is 9.10. The maximum Gasteiger partial charge on any atom is 0.124 e. The lowest BCUT2D eigenvalue weighted by Gasteiger charge is -2.31. The van der Waals surface area contributed by atoms with Gasteiger partial charge in [0.25, 0.3) is 0 Å². The van der Waals surface area contributed by atoms with E-state index in [4.69, 9.17) is 4.74 Å². The molecule has 0 spiro atoms. The van der Waals surface area contributed by atoms with E-state index >= 15 is 0 Å². The Morgan fingerprint density at radius 3 is 2.76 bits per heavy atom. The number of nitrogens with zero attached hydrogens (tertiary/aromatic N) is 1. The number of rotatable bonds is 3. The monoisotopic (exact) mass is 301 g/mol. The minimum absolute atomic E-state index is 0.200. The van der Waals surface area contributed by atoms with Crippen molar-refractivity contribution in [1.29, 1.82) is 0 Å². The summed E-state index contributed by atoms with van der Waals surface area (Å²) in [5, 5.41) is 0. The molecule has 1 heterocycles. The largest absolute Gasteiger partial charge is 0.381 e. The summed E-state index contributed by atoms with van der Waals surface area (Å²) < 4.78 is 19.2. The van der Waals surface area contributed by atoms with Crippen LogP contribution in [0.3, 0.4) is 0 Å². The molecular formula is C13H17BrFNO. The molecule has 1 aromatic carbocycles. The Morgan fingerprint density at radius 1 is 1.41 bits per heavy atom. The minimum atomic E-state index is -0.200. The number of ether oxygens (including phenoxy) is 1. The average Bonchev–Trinajstić information content (AvgIpc) is 2.34. The zero-order valence-corrected chi connectivity index (χ0v) is 11.5. The fourth-order valence-electron chi connectivity index (χ4n) is 2.17. The molecule has 17 heavy (non-hydrogen) atoms. The van der Waals surface area contributed by atoms with E-state index in [-0.39, 0.29) is 5.82 Å². The SMILES string of the molecule is CN(Cc1ccc(F)cc1Br)C1CCOCC1. The van der Waals surface area contributed by atoms with Crippen LogP contribution in [0.25, 0.3) is 0 Å². The summed E-state index contributed by atoms with van der Waals surface area (Å²) in [6, 6.07) is 5.45. The molecule has 0 aliphatic carbocycles. The smallest absolute Gasteiger partial charge is 0.124 e. The summed E-state index contributed by atoms with van der Waals surface area (Å²) in [7, 11) is 2.12. The molecule has 1 aromatic rings. The molecule has 0 bridgehead atoms. The molecule has 2 rings (SSSR count). The van der Waals surface area contributed by atoms with E-state index in [2.05, 4.69) is 27.9 Å². The molecule has 0 amide bonds. The first-order valence-electron chi connectivity index (χ1n) is 5.89. The van der Waals surface area contributed by atoms with Crippen LogP contribution < -0.4 is 0 Å². The molecule has 0 unspecified atom stereocenters. The van der Waals surface area contributed by atoms with Crippen LogP contribution in [0.2, 0.25) is 0 Å². The van der Waals surface area contributed by atoms with Crippen molar-refractivity contribution in [2.75, 3.05) is 20.3 Å². The number of hydrogen-bond donors (Lipinski definition) is 0. The Bertz CT molecular complexity index is 380. The van der Waals surface area contributed by atoms with E-state index in [9.17, 15) is 4.39 Å². The summed E-state index contributed by atoms with van der Waals surface area (Å²) in [5.41, 5.74) is 1.13. The molecule has 94 valence electrons. The quantitative estimate of drug-likeness (QED) is 0.850. The first-order chi connectivity index (χ1) is 8.16. The van der Waals surface area contributed by atoms with Gasteiger partial charge < -0.3 is 4.74 Å². The van der Waals surface area contributed by atoms with Crippen LogP contribution in [-0.4, -0.2) is 31.2 Å². The van der Waals surface area contributed by atoms with Crippen molar-refractivity contribution in [3.05, 3.63) is 34.1 Å². The predicted octanol–water partition coefficient (Wildman–Crippen LogP) is 3.20. The van der Waals surface area contributed by atoms with Crippen molar-refractivity contribution < 1.29 is 9.13 Å². The van der Waals surface area contributed by atoms with Gasteiger partial charge in [-0.2, -0.15) is 0 Å². The number of halogens is 2. The molecular weight excluding hydrogens is 285 g/mol. The second-order valence-corrected chi connectivity index (χ2v) is 5.35. The molecule has 2 nitrogen and oxygen atoms in total. The summed E-state index contributed by atoms with van der Waals surface area (Å²) in [5.74, 6) is -0.200. The van der Waals surface area contributed by atoms with Gasteiger partial charge >= 0.3 is 0 Å². The highest BCUT2D eigenvalue weighted by atomic mass is 79.9. The lowest BCUT2D eigenvalue weighted by molar-refractivity contribution is 0.0406. The van der Waals surface area contributed by atoms with Gasteiger partial charge in [-0.3, -0.25) is 4.90 Å². The predicted molar refractivity (Wildman–Crippen MR) is 69.4 cm³/mol. The maximum atomic E-state index is 13.0. The van der Waals surface area contributed by atoms with Crippen molar-refractivity contribution in [2.45, 2.75) is 25.4 Å². The summed E-state index contributed by atoms with van der Waals surface area (Å²) in [6.07, 6.45) is 2.16. The first kappa shape index (κ1) is 13.0. The van der Waals surface area contributed by atoms with E-state index in [1.54, 1.807) is 0 Å². The van der Waals surface area contributed by atoms with Crippen LogP contribution in [0.15, 0.2) is 22.7 Å². The van der Waals surface area contributed by atoms with E-state index in [0.29, 0.717) is 6.04 Å². The van der Waals surface area contributed by atoms with Gasteiger partial charge in [0.2, 0.25) is 0 Å².